The second-order valence-corrected chi connectivity index (χ2v) is 5.73. The van der Waals surface area contributed by atoms with Gasteiger partial charge in [-0.05, 0) is 26.7 Å². The summed E-state index contributed by atoms with van der Waals surface area (Å²) in [4.78, 5) is 4.58. The van der Waals surface area contributed by atoms with Gasteiger partial charge < -0.3 is 5.11 Å². The maximum Gasteiger partial charge on any atom is 0.0956 e. The minimum absolute atomic E-state index is 0.630. The number of aliphatic hydroxyl groups is 1. The molecule has 0 radical (unpaired) electrons. The summed E-state index contributed by atoms with van der Waals surface area (Å²) in [6, 6.07) is 0. The van der Waals surface area contributed by atoms with Crippen LogP contribution in [0.1, 0.15) is 49.7 Å². The minimum Gasteiger partial charge on any atom is -0.390 e. The van der Waals surface area contributed by atoms with Gasteiger partial charge in [-0.25, -0.2) is 4.98 Å². The van der Waals surface area contributed by atoms with Crippen LogP contribution >= 0.6 is 11.3 Å². The summed E-state index contributed by atoms with van der Waals surface area (Å²) >= 11 is 1.68. The van der Waals surface area contributed by atoms with E-state index in [1.807, 2.05) is 13.8 Å². The van der Waals surface area contributed by atoms with E-state index in [1.54, 1.807) is 11.3 Å². The predicted octanol–water partition coefficient (Wildman–Crippen LogP) is 2.72. The Kier molecular flexibility index (Phi) is 2.62. The molecule has 1 aliphatic carbocycles. The van der Waals surface area contributed by atoms with Crippen LogP contribution in [0.25, 0.3) is 0 Å². The number of hydrogen-bond acceptors (Lipinski definition) is 3. The van der Waals surface area contributed by atoms with Crippen LogP contribution in [0.5, 0.6) is 0 Å². The van der Waals surface area contributed by atoms with E-state index >= 15 is 0 Å². The average molecular weight is 211 g/mol. The molecular weight excluding hydrogens is 194 g/mol. The molecule has 1 aliphatic rings. The van der Waals surface area contributed by atoms with Gasteiger partial charge in [0.2, 0.25) is 0 Å². The second kappa shape index (κ2) is 3.63. The van der Waals surface area contributed by atoms with E-state index in [1.165, 1.54) is 25.0 Å². The SMILES string of the molecule is CC(C)(O)Cc1nc(C2CCC2)cs1. The van der Waals surface area contributed by atoms with Crippen molar-refractivity contribution in [3.8, 4) is 0 Å². The van der Waals surface area contributed by atoms with Crippen LogP contribution in [-0.2, 0) is 6.42 Å². The average Bonchev–Trinajstić information content (AvgIpc) is 2.28. The molecule has 78 valence electrons. The molecule has 0 aromatic carbocycles. The molecule has 1 aromatic heterocycles. The number of hydrogen-bond donors (Lipinski definition) is 1. The molecule has 0 saturated heterocycles. The first kappa shape index (κ1) is 10.1. The summed E-state index contributed by atoms with van der Waals surface area (Å²) in [5.74, 6) is 0.710. The second-order valence-electron chi connectivity index (χ2n) is 4.78. The molecule has 0 amide bonds. The number of thiazole rings is 1. The maximum absolute atomic E-state index is 9.66. The Bertz CT molecular complexity index is 309. The summed E-state index contributed by atoms with van der Waals surface area (Å²) in [6.07, 6.45) is 4.62. The highest BCUT2D eigenvalue weighted by atomic mass is 32.1. The fraction of sp³-hybridized carbons (Fsp3) is 0.727. The van der Waals surface area contributed by atoms with Crippen LogP contribution in [0, 0.1) is 0 Å². The Hall–Kier alpha value is -0.410. The van der Waals surface area contributed by atoms with E-state index < -0.39 is 5.60 Å². The zero-order valence-corrected chi connectivity index (χ0v) is 9.60. The van der Waals surface area contributed by atoms with Gasteiger partial charge in [0.15, 0.2) is 0 Å². The van der Waals surface area contributed by atoms with E-state index in [4.69, 9.17) is 0 Å². The Morgan fingerprint density at radius 3 is 2.79 bits per heavy atom. The van der Waals surface area contributed by atoms with Crippen molar-refractivity contribution >= 4 is 11.3 Å². The van der Waals surface area contributed by atoms with Crippen LogP contribution in [0.3, 0.4) is 0 Å². The fourth-order valence-corrected chi connectivity index (χ4v) is 2.76. The van der Waals surface area contributed by atoms with Gasteiger partial charge in [0.05, 0.1) is 16.3 Å². The van der Waals surface area contributed by atoms with Crippen molar-refractivity contribution in [2.24, 2.45) is 0 Å². The minimum atomic E-state index is -0.630. The third-order valence-electron chi connectivity index (χ3n) is 2.68. The fourth-order valence-electron chi connectivity index (χ4n) is 1.67. The van der Waals surface area contributed by atoms with Crippen molar-refractivity contribution in [1.29, 1.82) is 0 Å². The molecule has 0 unspecified atom stereocenters. The van der Waals surface area contributed by atoms with Crippen molar-refractivity contribution < 1.29 is 5.11 Å². The lowest BCUT2D eigenvalue weighted by molar-refractivity contribution is 0.0808. The van der Waals surface area contributed by atoms with Crippen LogP contribution in [0.15, 0.2) is 5.38 Å². The number of aromatic nitrogens is 1. The lowest BCUT2D eigenvalue weighted by Crippen LogP contribution is -2.21. The Morgan fingerprint density at radius 2 is 2.29 bits per heavy atom. The zero-order chi connectivity index (χ0) is 10.2. The molecule has 1 fully saturated rings. The van der Waals surface area contributed by atoms with Gasteiger partial charge in [0.1, 0.15) is 0 Å². The molecule has 0 bridgehead atoms. The first-order valence-corrected chi connectivity index (χ1v) is 6.09. The lowest BCUT2D eigenvalue weighted by atomic mass is 9.83. The molecule has 1 N–H and O–H groups in total. The van der Waals surface area contributed by atoms with Crippen molar-refractivity contribution in [3.05, 3.63) is 16.1 Å². The third-order valence-corrected chi connectivity index (χ3v) is 3.54. The summed E-state index contributed by atoms with van der Waals surface area (Å²) in [5, 5.41) is 12.9. The molecule has 1 aromatic rings. The highest BCUT2D eigenvalue weighted by molar-refractivity contribution is 7.09. The van der Waals surface area contributed by atoms with Gasteiger partial charge in [-0.3, -0.25) is 0 Å². The number of nitrogens with zero attached hydrogens (tertiary/aromatic N) is 1. The molecule has 1 saturated carbocycles. The van der Waals surface area contributed by atoms with Crippen LogP contribution < -0.4 is 0 Å². The van der Waals surface area contributed by atoms with Crippen LogP contribution in [-0.4, -0.2) is 15.7 Å². The quantitative estimate of drug-likeness (QED) is 0.834. The van der Waals surface area contributed by atoms with Gasteiger partial charge in [-0.2, -0.15) is 0 Å². The molecule has 2 rings (SSSR count). The highest BCUT2D eigenvalue weighted by Crippen LogP contribution is 2.36. The molecular formula is C11H17NOS. The molecule has 2 nitrogen and oxygen atoms in total. The van der Waals surface area contributed by atoms with E-state index in [2.05, 4.69) is 10.4 Å². The van der Waals surface area contributed by atoms with Gasteiger partial charge in [0, 0.05) is 17.7 Å². The smallest absolute Gasteiger partial charge is 0.0956 e. The molecule has 3 heteroatoms. The van der Waals surface area contributed by atoms with Crippen LogP contribution in [0.2, 0.25) is 0 Å². The Morgan fingerprint density at radius 1 is 1.57 bits per heavy atom. The summed E-state index contributed by atoms with van der Waals surface area (Å²) in [6.45, 7) is 3.66. The highest BCUT2D eigenvalue weighted by Gasteiger charge is 2.23. The predicted molar refractivity (Wildman–Crippen MR) is 58.7 cm³/mol. The number of rotatable bonds is 3. The first-order valence-electron chi connectivity index (χ1n) is 5.21. The van der Waals surface area contributed by atoms with Crippen molar-refractivity contribution in [2.45, 2.75) is 51.0 Å². The van der Waals surface area contributed by atoms with E-state index in [-0.39, 0.29) is 0 Å². The molecule has 0 atom stereocenters. The Labute approximate surface area is 89.0 Å². The largest absolute Gasteiger partial charge is 0.390 e. The monoisotopic (exact) mass is 211 g/mol. The molecule has 14 heavy (non-hydrogen) atoms. The van der Waals surface area contributed by atoms with Gasteiger partial charge in [-0.15, -0.1) is 11.3 Å². The molecule has 0 aliphatic heterocycles. The maximum atomic E-state index is 9.66. The van der Waals surface area contributed by atoms with Gasteiger partial charge in [-0.1, -0.05) is 6.42 Å². The lowest BCUT2D eigenvalue weighted by Gasteiger charge is -2.23. The summed E-state index contributed by atoms with van der Waals surface area (Å²) in [5.41, 5.74) is 0.620. The standard InChI is InChI=1S/C11H17NOS/c1-11(2,13)6-10-12-9(7-14-10)8-4-3-5-8/h7-8,13H,3-6H2,1-2H3. The Balaban J connectivity index is 2.02. The van der Waals surface area contributed by atoms with Crippen molar-refractivity contribution in [1.82, 2.24) is 4.98 Å². The normalized spacial score (nSPS) is 18.2. The zero-order valence-electron chi connectivity index (χ0n) is 8.79. The molecule has 0 spiro atoms. The van der Waals surface area contributed by atoms with Crippen molar-refractivity contribution in [3.63, 3.8) is 0 Å². The van der Waals surface area contributed by atoms with E-state index in [0.29, 0.717) is 12.3 Å². The first-order chi connectivity index (χ1) is 6.54. The summed E-state index contributed by atoms with van der Waals surface area (Å²) in [7, 11) is 0. The summed E-state index contributed by atoms with van der Waals surface area (Å²) < 4.78 is 0. The topological polar surface area (TPSA) is 33.1 Å². The third kappa shape index (κ3) is 2.34. The molecule has 1 heterocycles. The van der Waals surface area contributed by atoms with Crippen LogP contribution in [0.4, 0.5) is 0 Å². The van der Waals surface area contributed by atoms with Gasteiger partial charge in [0.25, 0.3) is 0 Å². The van der Waals surface area contributed by atoms with E-state index in [0.717, 1.165) is 5.01 Å². The van der Waals surface area contributed by atoms with Gasteiger partial charge >= 0.3 is 0 Å². The van der Waals surface area contributed by atoms with E-state index in [9.17, 15) is 5.11 Å². The van der Waals surface area contributed by atoms with Crippen molar-refractivity contribution in [2.75, 3.05) is 0 Å².